The third-order valence-corrected chi connectivity index (χ3v) is 3.13. The van der Waals surface area contributed by atoms with E-state index in [2.05, 4.69) is 4.98 Å². The molecule has 1 aromatic rings. The fourth-order valence-electron chi connectivity index (χ4n) is 2.22. The molecule has 0 radical (unpaired) electrons. The molecule has 98 valence electrons. The minimum absolute atomic E-state index is 0.0193. The SMILES string of the molecule is Cc1ncccc1C(=O)N1CCCC1C(F)(F)F. The van der Waals surface area contributed by atoms with Crippen molar-refractivity contribution in [2.24, 2.45) is 0 Å². The highest BCUT2D eigenvalue weighted by Gasteiger charge is 2.47. The van der Waals surface area contributed by atoms with E-state index in [1.807, 2.05) is 0 Å². The van der Waals surface area contributed by atoms with Gasteiger partial charge < -0.3 is 4.90 Å². The second-order valence-corrected chi connectivity index (χ2v) is 4.33. The Hall–Kier alpha value is -1.59. The quantitative estimate of drug-likeness (QED) is 0.775. The molecule has 2 rings (SSSR count). The van der Waals surface area contributed by atoms with Gasteiger partial charge in [-0.1, -0.05) is 0 Å². The van der Waals surface area contributed by atoms with E-state index in [0.717, 1.165) is 4.90 Å². The van der Waals surface area contributed by atoms with Crippen LogP contribution in [0.2, 0.25) is 0 Å². The van der Waals surface area contributed by atoms with Crippen molar-refractivity contribution in [3.05, 3.63) is 29.6 Å². The Balaban J connectivity index is 2.27. The highest BCUT2D eigenvalue weighted by atomic mass is 19.4. The number of hydrogen-bond donors (Lipinski definition) is 0. The second-order valence-electron chi connectivity index (χ2n) is 4.33. The van der Waals surface area contributed by atoms with E-state index in [1.165, 1.54) is 12.3 Å². The van der Waals surface area contributed by atoms with Gasteiger partial charge in [0.1, 0.15) is 6.04 Å². The number of amides is 1. The van der Waals surface area contributed by atoms with Crippen LogP contribution in [-0.2, 0) is 0 Å². The lowest BCUT2D eigenvalue weighted by Gasteiger charge is -2.26. The molecule has 3 nitrogen and oxygen atoms in total. The van der Waals surface area contributed by atoms with Crippen LogP contribution in [0.4, 0.5) is 13.2 Å². The van der Waals surface area contributed by atoms with Crippen molar-refractivity contribution in [3.8, 4) is 0 Å². The summed E-state index contributed by atoms with van der Waals surface area (Å²) in [6.07, 6.45) is -2.48. The van der Waals surface area contributed by atoms with Gasteiger partial charge in [-0.2, -0.15) is 13.2 Å². The molecule has 1 amide bonds. The zero-order valence-electron chi connectivity index (χ0n) is 9.87. The first-order valence-corrected chi connectivity index (χ1v) is 5.70. The minimum Gasteiger partial charge on any atom is -0.326 e. The summed E-state index contributed by atoms with van der Waals surface area (Å²) in [5.74, 6) is -0.583. The summed E-state index contributed by atoms with van der Waals surface area (Å²) in [6, 6.07) is 1.40. The summed E-state index contributed by atoms with van der Waals surface area (Å²) in [7, 11) is 0. The standard InChI is InChI=1S/C12H13F3N2O/c1-8-9(4-2-6-16-8)11(18)17-7-3-5-10(17)12(13,14)15/h2,4,6,10H,3,5,7H2,1H3. The first-order valence-electron chi connectivity index (χ1n) is 5.70. The molecule has 0 aliphatic carbocycles. The summed E-state index contributed by atoms with van der Waals surface area (Å²) >= 11 is 0. The van der Waals surface area contributed by atoms with Crippen molar-refractivity contribution >= 4 is 5.91 Å². The Morgan fingerprint density at radius 2 is 2.22 bits per heavy atom. The summed E-state index contributed by atoms with van der Waals surface area (Å²) in [6.45, 7) is 1.77. The predicted molar refractivity (Wildman–Crippen MR) is 59.1 cm³/mol. The molecule has 0 aromatic carbocycles. The number of aromatic nitrogens is 1. The molecule has 1 unspecified atom stereocenters. The van der Waals surface area contributed by atoms with Crippen molar-refractivity contribution in [1.29, 1.82) is 0 Å². The van der Waals surface area contributed by atoms with Crippen molar-refractivity contribution in [2.75, 3.05) is 6.54 Å². The van der Waals surface area contributed by atoms with Crippen LogP contribution >= 0.6 is 0 Å². The lowest BCUT2D eigenvalue weighted by atomic mass is 10.1. The average Bonchev–Trinajstić information content (AvgIpc) is 2.77. The van der Waals surface area contributed by atoms with Gasteiger partial charge in [0.05, 0.1) is 5.56 Å². The third-order valence-electron chi connectivity index (χ3n) is 3.13. The van der Waals surface area contributed by atoms with Crippen molar-refractivity contribution in [3.63, 3.8) is 0 Å². The van der Waals surface area contributed by atoms with Crippen molar-refractivity contribution in [1.82, 2.24) is 9.88 Å². The van der Waals surface area contributed by atoms with Crippen LogP contribution in [0.1, 0.15) is 28.9 Å². The van der Waals surface area contributed by atoms with Crippen LogP contribution < -0.4 is 0 Å². The molecule has 1 aromatic heterocycles. The topological polar surface area (TPSA) is 33.2 Å². The maximum absolute atomic E-state index is 12.8. The summed E-state index contributed by atoms with van der Waals surface area (Å²) in [5, 5.41) is 0. The number of aryl methyl sites for hydroxylation is 1. The first kappa shape index (κ1) is 12.9. The lowest BCUT2D eigenvalue weighted by molar-refractivity contribution is -0.169. The molecule has 1 fully saturated rings. The molecule has 0 N–H and O–H groups in total. The molecule has 1 saturated heterocycles. The third kappa shape index (κ3) is 2.32. The molecule has 0 spiro atoms. The highest BCUT2D eigenvalue weighted by Crippen LogP contribution is 2.33. The molecule has 1 atom stereocenters. The van der Waals surface area contributed by atoms with E-state index in [-0.39, 0.29) is 18.5 Å². The predicted octanol–water partition coefficient (Wildman–Crippen LogP) is 2.56. The minimum atomic E-state index is -4.36. The normalized spacial score (nSPS) is 20.2. The van der Waals surface area contributed by atoms with E-state index in [9.17, 15) is 18.0 Å². The average molecular weight is 258 g/mol. The van der Waals surface area contributed by atoms with Gasteiger partial charge in [0.25, 0.3) is 5.91 Å². The molecule has 0 bridgehead atoms. The van der Waals surface area contributed by atoms with Gasteiger partial charge in [0, 0.05) is 18.4 Å². The van der Waals surface area contributed by atoms with E-state index >= 15 is 0 Å². The monoisotopic (exact) mass is 258 g/mol. The Labute approximate surface area is 103 Å². The number of likely N-dealkylation sites (tertiary alicyclic amines) is 1. The Morgan fingerprint density at radius 3 is 2.83 bits per heavy atom. The molecular formula is C12H13F3N2O. The summed E-state index contributed by atoms with van der Waals surface area (Å²) in [5.41, 5.74) is 0.698. The number of carbonyl (C=O) groups excluding carboxylic acids is 1. The number of pyridine rings is 1. The van der Waals surface area contributed by atoms with Crippen LogP contribution in [-0.4, -0.2) is 34.6 Å². The van der Waals surface area contributed by atoms with Crippen LogP contribution in [0.3, 0.4) is 0 Å². The van der Waals surface area contributed by atoms with E-state index in [1.54, 1.807) is 13.0 Å². The van der Waals surface area contributed by atoms with Crippen molar-refractivity contribution in [2.45, 2.75) is 32.0 Å². The Bertz CT molecular complexity index is 459. The van der Waals surface area contributed by atoms with Gasteiger partial charge in [-0.25, -0.2) is 0 Å². The van der Waals surface area contributed by atoms with Crippen LogP contribution in [0, 0.1) is 6.92 Å². The zero-order valence-corrected chi connectivity index (χ0v) is 9.87. The number of hydrogen-bond acceptors (Lipinski definition) is 2. The van der Waals surface area contributed by atoms with Gasteiger partial charge in [0.15, 0.2) is 0 Å². The number of carbonyl (C=O) groups is 1. The van der Waals surface area contributed by atoms with Gasteiger partial charge in [0.2, 0.25) is 0 Å². The number of nitrogens with zero attached hydrogens (tertiary/aromatic N) is 2. The fourth-order valence-corrected chi connectivity index (χ4v) is 2.22. The molecule has 1 aliphatic heterocycles. The van der Waals surface area contributed by atoms with Crippen LogP contribution in [0.5, 0.6) is 0 Å². The Morgan fingerprint density at radius 1 is 1.50 bits per heavy atom. The lowest BCUT2D eigenvalue weighted by Crippen LogP contribution is -2.44. The van der Waals surface area contributed by atoms with Crippen molar-refractivity contribution < 1.29 is 18.0 Å². The number of alkyl halides is 3. The molecule has 2 heterocycles. The van der Waals surface area contributed by atoms with Gasteiger partial charge in [-0.05, 0) is 31.9 Å². The molecule has 0 saturated carbocycles. The molecule has 1 aliphatic rings. The fraction of sp³-hybridized carbons (Fsp3) is 0.500. The van der Waals surface area contributed by atoms with E-state index < -0.39 is 18.1 Å². The maximum Gasteiger partial charge on any atom is 0.408 e. The molecule has 6 heteroatoms. The largest absolute Gasteiger partial charge is 0.408 e. The van der Waals surface area contributed by atoms with E-state index in [0.29, 0.717) is 12.1 Å². The first-order chi connectivity index (χ1) is 8.41. The smallest absolute Gasteiger partial charge is 0.326 e. The molecule has 18 heavy (non-hydrogen) atoms. The van der Waals surface area contributed by atoms with Crippen LogP contribution in [0.15, 0.2) is 18.3 Å². The summed E-state index contributed by atoms with van der Waals surface area (Å²) in [4.78, 5) is 16.9. The Kier molecular flexibility index (Phi) is 3.28. The maximum atomic E-state index is 12.8. The van der Waals surface area contributed by atoms with E-state index in [4.69, 9.17) is 0 Å². The van der Waals surface area contributed by atoms with Gasteiger partial charge >= 0.3 is 6.18 Å². The second kappa shape index (κ2) is 4.59. The molecular weight excluding hydrogens is 245 g/mol. The van der Waals surface area contributed by atoms with Crippen LogP contribution in [0.25, 0.3) is 0 Å². The van der Waals surface area contributed by atoms with Gasteiger partial charge in [-0.15, -0.1) is 0 Å². The number of rotatable bonds is 1. The summed E-state index contributed by atoms with van der Waals surface area (Å²) < 4.78 is 38.3. The highest BCUT2D eigenvalue weighted by molar-refractivity contribution is 5.95. The van der Waals surface area contributed by atoms with Gasteiger partial charge in [-0.3, -0.25) is 9.78 Å². The zero-order chi connectivity index (χ0) is 13.3. The number of halogens is 3.